The summed E-state index contributed by atoms with van der Waals surface area (Å²) in [6, 6.07) is 0. The van der Waals surface area contributed by atoms with E-state index in [1.165, 1.54) is 64.2 Å². The molecule has 0 bridgehead atoms. The van der Waals surface area contributed by atoms with Crippen molar-refractivity contribution in [2.75, 3.05) is 59.5 Å². The van der Waals surface area contributed by atoms with E-state index >= 15 is 0 Å². The Bertz CT molecular complexity index is 552. The van der Waals surface area contributed by atoms with Crippen molar-refractivity contribution in [1.29, 1.82) is 0 Å². The van der Waals surface area contributed by atoms with Crippen molar-refractivity contribution in [3.8, 4) is 0 Å². The molecule has 2 fully saturated rings. The molecule has 0 aromatic carbocycles. The minimum atomic E-state index is 0.266. The zero-order valence-corrected chi connectivity index (χ0v) is 24.6. The van der Waals surface area contributed by atoms with E-state index < -0.39 is 0 Å². The van der Waals surface area contributed by atoms with Crippen molar-refractivity contribution < 1.29 is 9.53 Å². The summed E-state index contributed by atoms with van der Waals surface area (Å²) in [5.74, 6) is 1.16. The number of nitrogens with zero attached hydrogens (tertiary/aromatic N) is 3. The van der Waals surface area contributed by atoms with Crippen LogP contribution in [0.25, 0.3) is 0 Å². The van der Waals surface area contributed by atoms with Crippen LogP contribution in [0, 0.1) is 11.3 Å². The molecule has 0 aliphatic carbocycles. The first-order valence-corrected chi connectivity index (χ1v) is 13.8. The van der Waals surface area contributed by atoms with E-state index in [-0.39, 0.29) is 5.54 Å². The zero-order chi connectivity index (χ0) is 26.4. The summed E-state index contributed by atoms with van der Waals surface area (Å²) in [6.45, 7) is 32.9. The summed E-state index contributed by atoms with van der Waals surface area (Å²) in [4.78, 5) is 17.9. The summed E-state index contributed by atoms with van der Waals surface area (Å²) in [7, 11) is 1.79. The lowest BCUT2D eigenvalue weighted by molar-refractivity contribution is -0.118. The Balaban J connectivity index is 0.00000118. The summed E-state index contributed by atoms with van der Waals surface area (Å²) in [5, 5.41) is 0. The molecule has 0 N–H and O–H groups in total. The van der Waals surface area contributed by atoms with Gasteiger partial charge in [0.05, 0.1) is 6.61 Å². The number of ether oxygens (including phenoxy) is 1. The number of likely N-dealkylation sites (tertiary alicyclic amines) is 1. The van der Waals surface area contributed by atoms with Gasteiger partial charge in [-0.1, -0.05) is 48.1 Å². The molecule has 5 heteroatoms. The summed E-state index contributed by atoms with van der Waals surface area (Å²) >= 11 is 0. The van der Waals surface area contributed by atoms with Gasteiger partial charge in [0.2, 0.25) is 0 Å². The largest absolute Gasteiger partial charge is 0.383 e. The molecule has 0 aromatic rings. The smallest absolute Gasteiger partial charge is 0.132 e. The number of Topliss-reactive ketones (excluding diaryl/α,β-unsaturated/α-hetero) is 1. The van der Waals surface area contributed by atoms with Gasteiger partial charge < -0.3 is 9.64 Å². The number of piperazine rings is 1. The lowest BCUT2D eigenvalue weighted by atomic mass is 9.67. The fourth-order valence-electron chi connectivity index (χ4n) is 5.46. The van der Waals surface area contributed by atoms with E-state index in [9.17, 15) is 4.79 Å². The molecule has 34 heavy (non-hydrogen) atoms. The summed E-state index contributed by atoms with van der Waals surface area (Å²) in [6.07, 6.45) is 5.27. The van der Waals surface area contributed by atoms with Gasteiger partial charge in [0.25, 0.3) is 0 Å². The Morgan fingerprint density at radius 3 is 1.82 bits per heavy atom. The van der Waals surface area contributed by atoms with Crippen molar-refractivity contribution in [3.05, 3.63) is 12.3 Å². The van der Waals surface area contributed by atoms with Gasteiger partial charge in [0.15, 0.2) is 0 Å². The average molecular weight is 482 g/mol. The molecule has 2 aliphatic rings. The molecule has 2 heterocycles. The Hall–Kier alpha value is -0.910. The van der Waals surface area contributed by atoms with Gasteiger partial charge in [0.1, 0.15) is 5.78 Å². The van der Waals surface area contributed by atoms with Crippen molar-refractivity contribution in [1.82, 2.24) is 14.7 Å². The SMILES string of the molecule is C=C(C)N1CCC(C(C)(C)CC(C)(C)N2CCN(CCOC)CC2)CC1.CC.CCC(=O)CC. The van der Waals surface area contributed by atoms with E-state index in [2.05, 4.69) is 55.9 Å². The highest BCUT2D eigenvalue weighted by Gasteiger charge is 2.40. The minimum absolute atomic E-state index is 0.266. The van der Waals surface area contributed by atoms with Crippen LogP contribution in [0.15, 0.2) is 12.3 Å². The van der Waals surface area contributed by atoms with Crippen LogP contribution in [-0.4, -0.2) is 85.6 Å². The Kier molecular flexibility index (Phi) is 16.3. The molecule has 0 aromatic heterocycles. The van der Waals surface area contributed by atoms with Crippen molar-refractivity contribution in [3.63, 3.8) is 0 Å². The maximum absolute atomic E-state index is 10.2. The summed E-state index contributed by atoms with van der Waals surface area (Å²) < 4.78 is 5.23. The molecule has 0 unspecified atom stereocenters. The predicted octanol–water partition coefficient (Wildman–Crippen LogP) is 6.09. The molecular formula is C29H59N3O2. The highest BCUT2D eigenvalue weighted by molar-refractivity contribution is 5.77. The van der Waals surface area contributed by atoms with Crippen molar-refractivity contribution in [2.24, 2.45) is 11.3 Å². The molecule has 2 saturated heterocycles. The second-order valence-corrected chi connectivity index (χ2v) is 11.0. The van der Waals surface area contributed by atoms with Crippen LogP contribution in [0.3, 0.4) is 0 Å². The average Bonchev–Trinajstić information content (AvgIpc) is 2.83. The second-order valence-electron chi connectivity index (χ2n) is 11.0. The monoisotopic (exact) mass is 481 g/mol. The van der Waals surface area contributed by atoms with Crippen LogP contribution < -0.4 is 0 Å². The third-order valence-corrected chi connectivity index (χ3v) is 7.66. The molecule has 0 radical (unpaired) electrons. The second kappa shape index (κ2) is 16.7. The van der Waals surface area contributed by atoms with E-state index in [4.69, 9.17) is 4.74 Å². The lowest BCUT2D eigenvalue weighted by Gasteiger charge is -2.50. The van der Waals surface area contributed by atoms with Crippen LogP contribution in [0.5, 0.6) is 0 Å². The van der Waals surface area contributed by atoms with E-state index in [0.717, 1.165) is 19.1 Å². The number of ketones is 1. The Morgan fingerprint density at radius 2 is 1.44 bits per heavy atom. The molecule has 0 amide bonds. The maximum atomic E-state index is 10.2. The maximum Gasteiger partial charge on any atom is 0.132 e. The molecule has 0 atom stereocenters. The van der Waals surface area contributed by atoms with Gasteiger partial charge in [-0.05, 0) is 51.4 Å². The van der Waals surface area contributed by atoms with E-state index in [1.54, 1.807) is 7.11 Å². The molecule has 5 nitrogen and oxygen atoms in total. The number of hydrogen-bond acceptors (Lipinski definition) is 5. The molecular weight excluding hydrogens is 422 g/mol. The highest BCUT2D eigenvalue weighted by atomic mass is 16.5. The van der Waals surface area contributed by atoms with Gasteiger partial charge in [-0.2, -0.15) is 0 Å². The van der Waals surface area contributed by atoms with Crippen LogP contribution in [0.2, 0.25) is 0 Å². The van der Waals surface area contributed by atoms with Crippen LogP contribution in [-0.2, 0) is 9.53 Å². The van der Waals surface area contributed by atoms with E-state index in [0.29, 0.717) is 24.0 Å². The number of carbonyl (C=O) groups is 1. The first-order valence-electron chi connectivity index (χ1n) is 13.8. The van der Waals surface area contributed by atoms with Gasteiger partial charge in [0, 0.05) is 77.0 Å². The molecule has 2 aliphatic heterocycles. The van der Waals surface area contributed by atoms with Crippen LogP contribution in [0.1, 0.15) is 94.4 Å². The number of piperidine rings is 1. The minimum Gasteiger partial charge on any atom is -0.383 e. The fraction of sp³-hybridized carbons (Fsp3) is 0.897. The third kappa shape index (κ3) is 11.7. The van der Waals surface area contributed by atoms with Gasteiger partial charge in [-0.25, -0.2) is 0 Å². The number of hydrogen-bond donors (Lipinski definition) is 0. The number of allylic oxidation sites excluding steroid dienone is 1. The Morgan fingerprint density at radius 1 is 0.941 bits per heavy atom. The summed E-state index contributed by atoms with van der Waals surface area (Å²) in [5.41, 5.74) is 1.88. The van der Waals surface area contributed by atoms with E-state index in [1.807, 2.05) is 27.7 Å². The van der Waals surface area contributed by atoms with Crippen LogP contribution in [0.4, 0.5) is 0 Å². The standard InChI is InChI=1S/C22H43N3O.C5H10O.C2H6/c1-19(2)24-10-8-20(9-11-24)21(3,4)18-22(5,6)25-14-12-23(13-15-25)16-17-26-7;1-3-5(6)4-2;1-2/h20H,1,8-18H2,2-7H3;3-4H2,1-2H3;1-2H3. The zero-order valence-electron chi connectivity index (χ0n) is 24.6. The molecule has 202 valence electrons. The normalized spacial score (nSPS) is 18.5. The molecule has 0 spiro atoms. The van der Waals surface area contributed by atoms with Gasteiger partial charge >= 0.3 is 0 Å². The predicted molar refractivity (Wildman–Crippen MR) is 148 cm³/mol. The first-order chi connectivity index (χ1) is 16.0. The number of methoxy groups -OCH3 is 1. The van der Waals surface area contributed by atoms with Gasteiger partial charge in [-0.3, -0.25) is 14.6 Å². The Labute approximate surface area is 213 Å². The lowest BCUT2D eigenvalue weighted by Crippen LogP contribution is -2.56. The van der Waals surface area contributed by atoms with Crippen molar-refractivity contribution in [2.45, 2.75) is 100.0 Å². The third-order valence-electron chi connectivity index (χ3n) is 7.66. The first kappa shape index (κ1) is 33.1. The van der Waals surface area contributed by atoms with Crippen LogP contribution >= 0.6 is 0 Å². The van der Waals surface area contributed by atoms with Gasteiger partial charge in [-0.15, -0.1) is 0 Å². The van der Waals surface area contributed by atoms with Crippen molar-refractivity contribution >= 4 is 5.78 Å². The fourth-order valence-corrected chi connectivity index (χ4v) is 5.46. The quantitative estimate of drug-likeness (QED) is 0.377. The topological polar surface area (TPSA) is 36.0 Å². The number of rotatable bonds is 10. The molecule has 0 saturated carbocycles. The highest BCUT2D eigenvalue weighted by Crippen LogP contribution is 2.42. The molecule has 2 rings (SSSR count). The number of carbonyl (C=O) groups excluding carboxylic acids is 1.